The topological polar surface area (TPSA) is 79.9 Å². The van der Waals surface area contributed by atoms with Crippen molar-refractivity contribution in [1.29, 1.82) is 5.26 Å². The average molecular weight is 296 g/mol. The average Bonchev–Trinajstić information content (AvgIpc) is 3.29. The van der Waals surface area contributed by atoms with E-state index in [1.54, 1.807) is 28.9 Å². The fourth-order valence-electron chi connectivity index (χ4n) is 2.31. The van der Waals surface area contributed by atoms with Gasteiger partial charge in [-0.2, -0.15) is 10.4 Å². The zero-order chi connectivity index (χ0) is 15.5. The highest BCUT2D eigenvalue weighted by Gasteiger charge is 2.27. The van der Waals surface area contributed by atoms with Crippen molar-refractivity contribution in [3.05, 3.63) is 41.6 Å². The summed E-state index contributed by atoms with van der Waals surface area (Å²) in [5.41, 5.74) is 1.55. The van der Waals surface area contributed by atoms with Crippen molar-refractivity contribution < 1.29 is 9.53 Å². The predicted molar refractivity (Wildman–Crippen MR) is 80.5 cm³/mol. The summed E-state index contributed by atoms with van der Waals surface area (Å²) in [5, 5.41) is 16.0. The SMILES string of the molecule is Cn1nc(NC(=O)COc2ccccc2C#N)cc1C1CC1. The lowest BCUT2D eigenvalue weighted by atomic mass is 10.2. The molecule has 1 aliphatic rings. The Morgan fingerprint density at radius 3 is 3.00 bits per heavy atom. The molecule has 1 heterocycles. The van der Waals surface area contributed by atoms with E-state index in [4.69, 9.17) is 10.00 Å². The van der Waals surface area contributed by atoms with Gasteiger partial charge in [0.05, 0.1) is 5.56 Å². The fraction of sp³-hybridized carbons (Fsp3) is 0.312. The first-order chi connectivity index (χ1) is 10.7. The first-order valence-corrected chi connectivity index (χ1v) is 7.13. The Morgan fingerprint density at radius 1 is 1.50 bits per heavy atom. The van der Waals surface area contributed by atoms with Crippen molar-refractivity contribution in [1.82, 2.24) is 9.78 Å². The van der Waals surface area contributed by atoms with Crippen LogP contribution in [0, 0.1) is 11.3 Å². The van der Waals surface area contributed by atoms with Crippen molar-refractivity contribution in [2.45, 2.75) is 18.8 Å². The molecule has 22 heavy (non-hydrogen) atoms. The van der Waals surface area contributed by atoms with Crippen LogP contribution in [0.25, 0.3) is 0 Å². The van der Waals surface area contributed by atoms with Crippen LogP contribution in [-0.2, 0) is 11.8 Å². The molecular weight excluding hydrogens is 280 g/mol. The number of hydrogen-bond acceptors (Lipinski definition) is 4. The van der Waals surface area contributed by atoms with E-state index in [2.05, 4.69) is 10.4 Å². The van der Waals surface area contributed by atoms with Crippen molar-refractivity contribution in [2.75, 3.05) is 11.9 Å². The molecule has 0 unspecified atom stereocenters. The van der Waals surface area contributed by atoms with Crippen LogP contribution < -0.4 is 10.1 Å². The second-order valence-corrected chi connectivity index (χ2v) is 5.30. The maximum absolute atomic E-state index is 11.9. The summed E-state index contributed by atoms with van der Waals surface area (Å²) in [4.78, 5) is 11.9. The maximum atomic E-state index is 11.9. The van der Waals surface area contributed by atoms with E-state index in [0.717, 1.165) is 5.69 Å². The molecule has 0 bridgehead atoms. The maximum Gasteiger partial charge on any atom is 0.263 e. The van der Waals surface area contributed by atoms with Gasteiger partial charge in [0.15, 0.2) is 12.4 Å². The quantitative estimate of drug-likeness (QED) is 0.917. The predicted octanol–water partition coefficient (Wildman–Crippen LogP) is 2.19. The van der Waals surface area contributed by atoms with Crippen LogP contribution in [0.5, 0.6) is 5.75 Å². The number of amides is 1. The van der Waals surface area contributed by atoms with Crippen LogP contribution >= 0.6 is 0 Å². The summed E-state index contributed by atoms with van der Waals surface area (Å²) in [6.45, 7) is -0.159. The number of nitriles is 1. The number of aromatic nitrogens is 2. The molecule has 1 amide bonds. The molecule has 3 rings (SSSR count). The van der Waals surface area contributed by atoms with Gasteiger partial charge in [-0.05, 0) is 25.0 Å². The number of nitrogens with zero attached hydrogens (tertiary/aromatic N) is 3. The van der Waals surface area contributed by atoms with Crippen molar-refractivity contribution in [2.24, 2.45) is 7.05 Å². The monoisotopic (exact) mass is 296 g/mol. The molecule has 1 fully saturated rings. The smallest absolute Gasteiger partial charge is 0.263 e. The third-order valence-electron chi connectivity index (χ3n) is 3.55. The van der Waals surface area contributed by atoms with Gasteiger partial charge in [0.1, 0.15) is 11.8 Å². The minimum atomic E-state index is -0.298. The molecule has 0 radical (unpaired) electrons. The lowest BCUT2D eigenvalue weighted by Gasteiger charge is -2.06. The minimum absolute atomic E-state index is 0.159. The van der Waals surface area contributed by atoms with E-state index < -0.39 is 0 Å². The molecule has 1 N–H and O–H groups in total. The number of carbonyl (C=O) groups is 1. The van der Waals surface area contributed by atoms with Gasteiger partial charge in [0.25, 0.3) is 5.91 Å². The van der Waals surface area contributed by atoms with Crippen LogP contribution in [0.3, 0.4) is 0 Å². The summed E-state index contributed by atoms with van der Waals surface area (Å²) >= 11 is 0. The van der Waals surface area contributed by atoms with Gasteiger partial charge in [-0.3, -0.25) is 9.48 Å². The lowest BCUT2D eigenvalue weighted by molar-refractivity contribution is -0.118. The highest BCUT2D eigenvalue weighted by molar-refractivity contribution is 5.91. The Hall–Kier alpha value is -2.81. The van der Waals surface area contributed by atoms with E-state index in [1.807, 2.05) is 19.2 Å². The van der Waals surface area contributed by atoms with Crippen LogP contribution in [-0.4, -0.2) is 22.3 Å². The number of rotatable bonds is 5. The number of ether oxygens (including phenoxy) is 1. The Balaban J connectivity index is 1.58. The third kappa shape index (κ3) is 3.09. The minimum Gasteiger partial charge on any atom is -0.482 e. The van der Waals surface area contributed by atoms with Gasteiger partial charge in [0.2, 0.25) is 0 Å². The van der Waals surface area contributed by atoms with E-state index in [9.17, 15) is 4.79 Å². The summed E-state index contributed by atoms with van der Waals surface area (Å²) < 4.78 is 7.19. The second kappa shape index (κ2) is 5.90. The van der Waals surface area contributed by atoms with Crippen molar-refractivity contribution in [3.63, 3.8) is 0 Å². The zero-order valence-corrected chi connectivity index (χ0v) is 12.2. The van der Waals surface area contributed by atoms with Crippen LogP contribution in [0.15, 0.2) is 30.3 Å². The van der Waals surface area contributed by atoms with Crippen molar-refractivity contribution in [3.8, 4) is 11.8 Å². The highest BCUT2D eigenvalue weighted by Crippen LogP contribution is 2.40. The Morgan fingerprint density at radius 2 is 2.27 bits per heavy atom. The molecule has 0 saturated heterocycles. The number of hydrogen-bond donors (Lipinski definition) is 1. The molecule has 6 nitrogen and oxygen atoms in total. The van der Waals surface area contributed by atoms with Gasteiger partial charge in [0, 0.05) is 24.7 Å². The summed E-state index contributed by atoms with van der Waals surface area (Å²) in [7, 11) is 1.88. The van der Waals surface area contributed by atoms with Crippen LogP contribution in [0.1, 0.15) is 30.0 Å². The lowest BCUT2D eigenvalue weighted by Crippen LogP contribution is -2.20. The number of aryl methyl sites for hydroxylation is 1. The van der Waals surface area contributed by atoms with E-state index in [1.165, 1.54) is 12.8 Å². The van der Waals surface area contributed by atoms with Gasteiger partial charge in [-0.1, -0.05) is 12.1 Å². The standard InChI is InChI=1S/C16H16N4O2/c1-20-13(11-6-7-11)8-15(19-20)18-16(21)10-22-14-5-3-2-4-12(14)9-17/h2-5,8,11H,6-7,10H2,1H3,(H,18,19,21). The number of anilines is 1. The van der Waals surface area contributed by atoms with Crippen LogP contribution in [0.2, 0.25) is 0 Å². The number of nitrogens with one attached hydrogen (secondary N) is 1. The largest absolute Gasteiger partial charge is 0.482 e. The second-order valence-electron chi connectivity index (χ2n) is 5.30. The van der Waals surface area contributed by atoms with Gasteiger partial charge >= 0.3 is 0 Å². The van der Waals surface area contributed by atoms with Crippen molar-refractivity contribution >= 4 is 11.7 Å². The summed E-state index contributed by atoms with van der Waals surface area (Å²) in [6, 6.07) is 10.7. The molecule has 1 aromatic heterocycles. The van der Waals surface area contributed by atoms with E-state index in [0.29, 0.717) is 23.0 Å². The van der Waals surface area contributed by atoms with Gasteiger partial charge in [-0.15, -0.1) is 0 Å². The third-order valence-corrected chi connectivity index (χ3v) is 3.55. The van der Waals surface area contributed by atoms with Gasteiger partial charge in [-0.25, -0.2) is 0 Å². The number of para-hydroxylation sites is 1. The first kappa shape index (κ1) is 14.1. The summed E-state index contributed by atoms with van der Waals surface area (Å²) in [6.07, 6.45) is 2.36. The molecule has 112 valence electrons. The molecule has 0 aliphatic heterocycles. The Bertz CT molecular complexity index is 741. The van der Waals surface area contributed by atoms with Crippen LogP contribution in [0.4, 0.5) is 5.82 Å². The highest BCUT2D eigenvalue weighted by atomic mass is 16.5. The Kier molecular flexibility index (Phi) is 3.79. The zero-order valence-electron chi connectivity index (χ0n) is 12.2. The molecule has 1 aromatic carbocycles. The Labute approximate surface area is 128 Å². The normalized spacial score (nSPS) is 13.5. The molecule has 0 spiro atoms. The van der Waals surface area contributed by atoms with Gasteiger partial charge < -0.3 is 10.1 Å². The first-order valence-electron chi connectivity index (χ1n) is 7.13. The number of carbonyl (C=O) groups excluding carboxylic acids is 1. The number of benzene rings is 1. The molecule has 2 aromatic rings. The molecule has 0 atom stereocenters. The molecule has 1 saturated carbocycles. The summed E-state index contributed by atoms with van der Waals surface area (Å²) in [5.74, 6) is 1.21. The van der Waals surface area contributed by atoms with E-state index in [-0.39, 0.29) is 12.5 Å². The molecular formula is C16H16N4O2. The molecule has 1 aliphatic carbocycles. The fourth-order valence-corrected chi connectivity index (χ4v) is 2.31. The molecule has 6 heteroatoms. The van der Waals surface area contributed by atoms with E-state index >= 15 is 0 Å².